The molecule has 4 nitrogen and oxygen atoms in total. The maximum Gasteiger partial charge on any atom is 0.224 e. The molecular weight excluding hydrogens is 292 g/mol. The lowest BCUT2D eigenvalue weighted by Gasteiger charge is -2.10. The van der Waals surface area contributed by atoms with Crippen LogP contribution in [0.3, 0.4) is 0 Å². The second kappa shape index (κ2) is 5.82. The minimum Gasteiger partial charge on any atom is -0.354 e. The van der Waals surface area contributed by atoms with Gasteiger partial charge in [-0.3, -0.25) is 0 Å². The van der Waals surface area contributed by atoms with Crippen LogP contribution in [0.4, 0.5) is 17.5 Å². The van der Waals surface area contributed by atoms with Crippen molar-refractivity contribution in [2.24, 2.45) is 0 Å². The summed E-state index contributed by atoms with van der Waals surface area (Å²) >= 11 is 3.46. The lowest BCUT2D eigenvalue weighted by atomic mass is 10.2. The predicted octanol–water partition coefficient (Wildman–Crippen LogP) is 3.72. The van der Waals surface area contributed by atoms with Crippen molar-refractivity contribution in [3.8, 4) is 0 Å². The standard InChI is InChI=1S/C13H15BrN4/c1-3-15-13-16-7-6-12(18-13)17-11-8-10(14)5-4-9(11)2/h4-8H,3H2,1-2H3,(H2,15,16,17,18). The molecule has 0 fully saturated rings. The molecule has 1 heterocycles. The normalized spacial score (nSPS) is 10.2. The van der Waals surface area contributed by atoms with Gasteiger partial charge in [0.25, 0.3) is 0 Å². The Morgan fingerprint density at radius 3 is 2.89 bits per heavy atom. The average molecular weight is 307 g/mol. The van der Waals surface area contributed by atoms with Crippen molar-refractivity contribution >= 4 is 33.4 Å². The molecule has 2 rings (SSSR count). The summed E-state index contributed by atoms with van der Waals surface area (Å²) in [4.78, 5) is 8.52. The molecule has 2 aromatic rings. The number of nitrogens with one attached hydrogen (secondary N) is 2. The van der Waals surface area contributed by atoms with E-state index in [1.165, 1.54) is 5.56 Å². The topological polar surface area (TPSA) is 49.8 Å². The Kier molecular flexibility index (Phi) is 4.15. The molecule has 0 radical (unpaired) electrons. The van der Waals surface area contributed by atoms with Crippen LogP contribution < -0.4 is 10.6 Å². The third kappa shape index (κ3) is 3.20. The Morgan fingerprint density at radius 1 is 1.28 bits per heavy atom. The molecule has 2 N–H and O–H groups in total. The minimum absolute atomic E-state index is 0.634. The van der Waals surface area contributed by atoms with Gasteiger partial charge in [-0.25, -0.2) is 4.98 Å². The molecule has 18 heavy (non-hydrogen) atoms. The number of nitrogens with zero attached hydrogens (tertiary/aromatic N) is 2. The number of aromatic nitrogens is 2. The molecule has 1 aromatic heterocycles. The Labute approximate surface area is 115 Å². The molecule has 5 heteroatoms. The lowest BCUT2D eigenvalue weighted by Crippen LogP contribution is -2.04. The first-order valence-corrected chi connectivity index (χ1v) is 6.58. The van der Waals surface area contributed by atoms with Crippen LogP contribution in [0, 0.1) is 6.92 Å². The second-order valence-electron chi connectivity index (χ2n) is 3.88. The van der Waals surface area contributed by atoms with Gasteiger partial charge in [0.1, 0.15) is 5.82 Å². The maximum absolute atomic E-state index is 4.38. The van der Waals surface area contributed by atoms with E-state index in [0.29, 0.717) is 5.95 Å². The number of aryl methyl sites for hydroxylation is 1. The van der Waals surface area contributed by atoms with E-state index in [0.717, 1.165) is 22.5 Å². The van der Waals surface area contributed by atoms with Crippen LogP contribution in [0.25, 0.3) is 0 Å². The number of halogens is 1. The van der Waals surface area contributed by atoms with Gasteiger partial charge in [-0.2, -0.15) is 4.98 Å². The molecule has 0 aliphatic rings. The Morgan fingerprint density at radius 2 is 2.11 bits per heavy atom. The van der Waals surface area contributed by atoms with Gasteiger partial charge in [0.05, 0.1) is 0 Å². The zero-order valence-electron chi connectivity index (χ0n) is 10.4. The SMILES string of the molecule is CCNc1nccc(Nc2cc(Br)ccc2C)n1. The zero-order chi connectivity index (χ0) is 13.0. The van der Waals surface area contributed by atoms with E-state index in [-0.39, 0.29) is 0 Å². The molecule has 0 saturated carbocycles. The molecule has 0 amide bonds. The van der Waals surface area contributed by atoms with Gasteiger partial charge in [-0.15, -0.1) is 0 Å². The van der Waals surface area contributed by atoms with E-state index < -0.39 is 0 Å². The van der Waals surface area contributed by atoms with E-state index in [1.807, 2.05) is 25.1 Å². The maximum atomic E-state index is 4.38. The number of rotatable bonds is 4. The van der Waals surface area contributed by atoms with E-state index in [4.69, 9.17) is 0 Å². The molecule has 0 aliphatic heterocycles. The smallest absolute Gasteiger partial charge is 0.224 e. The second-order valence-corrected chi connectivity index (χ2v) is 4.80. The molecule has 0 spiro atoms. The fourth-order valence-electron chi connectivity index (χ4n) is 1.54. The first kappa shape index (κ1) is 12.8. The van der Waals surface area contributed by atoms with Gasteiger partial charge in [0, 0.05) is 22.9 Å². The summed E-state index contributed by atoms with van der Waals surface area (Å²) in [5.74, 6) is 1.41. The van der Waals surface area contributed by atoms with Crippen LogP contribution in [0.1, 0.15) is 12.5 Å². The largest absolute Gasteiger partial charge is 0.354 e. The van der Waals surface area contributed by atoms with Crippen molar-refractivity contribution in [3.63, 3.8) is 0 Å². The molecule has 0 saturated heterocycles. The van der Waals surface area contributed by atoms with Crippen LogP contribution in [0.2, 0.25) is 0 Å². The molecule has 0 aliphatic carbocycles. The van der Waals surface area contributed by atoms with Crippen LogP contribution >= 0.6 is 15.9 Å². The fourth-order valence-corrected chi connectivity index (χ4v) is 1.90. The minimum atomic E-state index is 0.634. The van der Waals surface area contributed by atoms with Crippen molar-refractivity contribution < 1.29 is 0 Å². The highest BCUT2D eigenvalue weighted by Gasteiger charge is 2.02. The number of hydrogen-bond acceptors (Lipinski definition) is 4. The van der Waals surface area contributed by atoms with Crippen LogP contribution in [0.15, 0.2) is 34.9 Å². The van der Waals surface area contributed by atoms with Gasteiger partial charge in [-0.1, -0.05) is 22.0 Å². The Balaban J connectivity index is 2.22. The number of hydrogen-bond donors (Lipinski definition) is 2. The first-order chi connectivity index (χ1) is 8.69. The van der Waals surface area contributed by atoms with Crippen LogP contribution in [-0.2, 0) is 0 Å². The van der Waals surface area contributed by atoms with Crippen LogP contribution in [0.5, 0.6) is 0 Å². The predicted molar refractivity (Wildman–Crippen MR) is 78.4 cm³/mol. The lowest BCUT2D eigenvalue weighted by molar-refractivity contribution is 1.09. The summed E-state index contributed by atoms with van der Waals surface area (Å²) in [5, 5.41) is 6.38. The number of anilines is 3. The molecule has 1 aromatic carbocycles. The van der Waals surface area contributed by atoms with Crippen molar-refractivity contribution in [3.05, 3.63) is 40.5 Å². The van der Waals surface area contributed by atoms with Crippen molar-refractivity contribution in [1.29, 1.82) is 0 Å². The molecular formula is C13H15BrN4. The van der Waals surface area contributed by atoms with E-state index in [1.54, 1.807) is 6.20 Å². The van der Waals surface area contributed by atoms with Gasteiger partial charge < -0.3 is 10.6 Å². The van der Waals surface area contributed by atoms with Crippen molar-refractivity contribution in [1.82, 2.24) is 9.97 Å². The molecule has 0 bridgehead atoms. The van der Waals surface area contributed by atoms with Crippen molar-refractivity contribution in [2.45, 2.75) is 13.8 Å². The molecule has 94 valence electrons. The first-order valence-electron chi connectivity index (χ1n) is 5.79. The highest BCUT2D eigenvalue weighted by molar-refractivity contribution is 9.10. The highest BCUT2D eigenvalue weighted by Crippen LogP contribution is 2.23. The summed E-state index contributed by atoms with van der Waals surface area (Å²) in [6, 6.07) is 7.95. The number of benzene rings is 1. The monoisotopic (exact) mass is 306 g/mol. The summed E-state index contributed by atoms with van der Waals surface area (Å²) in [6.45, 7) is 4.88. The zero-order valence-corrected chi connectivity index (χ0v) is 12.0. The van der Waals surface area contributed by atoms with Gasteiger partial charge in [-0.05, 0) is 37.6 Å². The highest BCUT2D eigenvalue weighted by atomic mass is 79.9. The average Bonchev–Trinajstić information content (AvgIpc) is 2.35. The van der Waals surface area contributed by atoms with Gasteiger partial charge in [0.15, 0.2) is 0 Å². The molecule has 0 atom stereocenters. The fraction of sp³-hybridized carbons (Fsp3) is 0.231. The van der Waals surface area contributed by atoms with Gasteiger partial charge >= 0.3 is 0 Å². The quantitative estimate of drug-likeness (QED) is 0.904. The Bertz CT molecular complexity index is 542. The van der Waals surface area contributed by atoms with Gasteiger partial charge in [0.2, 0.25) is 5.95 Å². The van der Waals surface area contributed by atoms with Crippen molar-refractivity contribution in [2.75, 3.05) is 17.2 Å². The summed E-state index contributed by atoms with van der Waals surface area (Å²) in [6.07, 6.45) is 1.74. The van der Waals surface area contributed by atoms with E-state index in [9.17, 15) is 0 Å². The summed E-state index contributed by atoms with van der Waals surface area (Å²) < 4.78 is 1.04. The van der Waals surface area contributed by atoms with Crippen LogP contribution in [-0.4, -0.2) is 16.5 Å². The summed E-state index contributed by atoms with van der Waals surface area (Å²) in [5.41, 5.74) is 2.20. The third-order valence-corrected chi connectivity index (χ3v) is 2.95. The van der Waals surface area contributed by atoms with E-state index in [2.05, 4.69) is 49.5 Å². The molecule has 0 unspecified atom stereocenters. The third-order valence-electron chi connectivity index (χ3n) is 2.45. The van der Waals surface area contributed by atoms with E-state index >= 15 is 0 Å². The Hall–Kier alpha value is -1.62. The summed E-state index contributed by atoms with van der Waals surface area (Å²) in [7, 11) is 0.